The third-order valence-corrected chi connectivity index (χ3v) is 3.25. The zero-order valence-electron chi connectivity index (χ0n) is 8.60. The lowest BCUT2D eigenvalue weighted by Gasteiger charge is -2.32. The largest absolute Gasteiger partial charge is 0.0880 e. The molecule has 0 saturated heterocycles. The van der Waals surface area contributed by atoms with Gasteiger partial charge in [-0.3, -0.25) is 0 Å². The van der Waals surface area contributed by atoms with Crippen molar-refractivity contribution in [2.45, 2.75) is 58.8 Å². The van der Waals surface area contributed by atoms with Crippen LogP contribution in [0, 0.1) is 5.41 Å². The summed E-state index contributed by atoms with van der Waals surface area (Å²) >= 11 is 0. The van der Waals surface area contributed by atoms with Gasteiger partial charge in [0.25, 0.3) is 0 Å². The van der Waals surface area contributed by atoms with Crippen molar-refractivity contribution in [2.75, 3.05) is 0 Å². The molecule has 0 bridgehead atoms. The first kappa shape index (κ1) is 9.83. The molecule has 0 nitrogen and oxygen atoms in total. The van der Waals surface area contributed by atoms with Gasteiger partial charge >= 0.3 is 0 Å². The second kappa shape index (κ2) is 4.69. The van der Waals surface area contributed by atoms with E-state index in [0.29, 0.717) is 5.41 Å². The van der Waals surface area contributed by atoms with E-state index in [4.69, 9.17) is 0 Å². The fraction of sp³-hybridized carbons (Fsp3) is 0.833. The Morgan fingerprint density at radius 3 is 2.67 bits per heavy atom. The molecule has 1 aliphatic carbocycles. The summed E-state index contributed by atoms with van der Waals surface area (Å²) in [5, 5.41) is 0. The summed E-state index contributed by atoms with van der Waals surface area (Å²) in [5.41, 5.74) is 0.592. The molecule has 0 aromatic carbocycles. The molecule has 0 heteroatoms. The highest BCUT2D eigenvalue weighted by molar-refractivity contribution is 5.02. The molecule has 0 aromatic heterocycles. The topological polar surface area (TPSA) is 0 Å². The highest BCUT2D eigenvalue weighted by Crippen LogP contribution is 2.38. The molecular weight excluding hydrogens is 144 g/mol. The van der Waals surface area contributed by atoms with Gasteiger partial charge in [0.05, 0.1) is 0 Å². The SMILES string of the molecule is CCCC[C@]1(CC)C=CCCC1. The van der Waals surface area contributed by atoms with Gasteiger partial charge < -0.3 is 0 Å². The minimum atomic E-state index is 0.592. The van der Waals surface area contributed by atoms with Crippen molar-refractivity contribution in [3.05, 3.63) is 12.2 Å². The summed E-state index contributed by atoms with van der Waals surface area (Å²) in [7, 11) is 0. The smallest absolute Gasteiger partial charge is 0.0121 e. The maximum atomic E-state index is 2.49. The Kier molecular flexibility index (Phi) is 3.84. The lowest BCUT2D eigenvalue weighted by atomic mass is 9.73. The van der Waals surface area contributed by atoms with Gasteiger partial charge in [-0.15, -0.1) is 0 Å². The van der Waals surface area contributed by atoms with E-state index in [9.17, 15) is 0 Å². The van der Waals surface area contributed by atoms with Gasteiger partial charge in [-0.1, -0.05) is 38.8 Å². The average Bonchev–Trinajstić information content (AvgIpc) is 2.16. The number of hydrogen-bond acceptors (Lipinski definition) is 0. The normalized spacial score (nSPS) is 29.2. The average molecular weight is 166 g/mol. The van der Waals surface area contributed by atoms with Gasteiger partial charge in [0.1, 0.15) is 0 Å². The van der Waals surface area contributed by atoms with Gasteiger partial charge in [-0.2, -0.15) is 0 Å². The zero-order valence-corrected chi connectivity index (χ0v) is 8.60. The van der Waals surface area contributed by atoms with Gasteiger partial charge in [-0.05, 0) is 37.5 Å². The molecule has 0 N–H and O–H groups in total. The van der Waals surface area contributed by atoms with Crippen molar-refractivity contribution >= 4 is 0 Å². The van der Waals surface area contributed by atoms with Crippen LogP contribution in [-0.4, -0.2) is 0 Å². The Balaban J connectivity index is 2.48. The molecule has 12 heavy (non-hydrogen) atoms. The molecule has 0 unspecified atom stereocenters. The third-order valence-electron chi connectivity index (χ3n) is 3.25. The van der Waals surface area contributed by atoms with Crippen molar-refractivity contribution in [3.8, 4) is 0 Å². The molecule has 0 heterocycles. The maximum absolute atomic E-state index is 2.49. The first-order valence-electron chi connectivity index (χ1n) is 5.51. The monoisotopic (exact) mass is 166 g/mol. The van der Waals surface area contributed by atoms with Crippen molar-refractivity contribution in [3.63, 3.8) is 0 Å². The summed E-state index contributed by atoms with van der Waals surface area (Å²) in [5.74, 6) is 0. The Morgan fingerprint density at radius 2 is 2.17 bits per heavy atom. The molecule has 0 spiro atoms. The van der Waals surface area contributed by atoms with E-state index < -0.39 is 0 Å². The number of allylic oxidation sites excluding steroid dienone is 2. The molecule has 0 amide bonds. The van der Waals surface area contributed by atoms with Crippen LogP contribution in [0.2, 0.25) is 0 Å². The van der Waals surface area contributed by atoms with Crippen LogP contribution in [0.1, 0.15) is 58.8 Å². The van der Waals surface area contributed by atoms with Crippen LogP contribution >= 0.6 is 0 Å². The number of unbranched alkanes of at least 4 members (excludes halogenated alkanes) is 1. The first-order valence-corrected chi connectivity index (χ1v) is 5.51. The molecule has 0 saturated carbocycles. The fourth-order valence-electron chi connectivity index (χ4n) is 2.20. The van der Waals surface area contributed by atoms with Crippen LogP contribution in [0.5, 0.6) is 0 Å². The summed E-state index contributed by atoms with van der Waals surface area (Å²) in [4.78, 5) is 0. The summed E-state index contributed by atoms with van der Waals surface area (Å²) in [6.45, 7) is 4.63. The third kappa shape index (κ3) is 2.36. The van der Waals surface area contributed by atoms with Crippen LogP contribution < -0.4 is 0 Å². The molecule has 0 fully saturated rings. The predicted octanol–water partition coefficient (Wildman–Crippen LogP) is 4.31. The second-order valence-corrected chi connectivity index (χ2v) is 4.11. The van der Waals surface area contributed by atoms with E-state index >= 15 is 0 Å². The number of rotatable bonds is 4. The fourth-order valence-corrected chi connectivity index (χ4v) is 2.20. The van der Waals surface area contributed by atoms with Crippen LogP contribution in [-0.2, 0) is 0 Å². The van der Waals surface area contributed by atoms with Crippen molar-refractivity contribution in [1.82, 2.24) is 0 Å². The lowest BCUT2D eigenvalue weighted by Crippen LogP contribution is -2.18. The molecular formula is C12H22. The van der Waals surface area contributed by atoms with Gasteiger partial charge in [0.2, 0.25) is 0 Å². The quantitative estimate of drug-likeness (QED) is 0.546. The van der Waals surface area contributed by atoms with Crippen molar-refractivity contribution in [1.29, 1.82) is 0 Å². The maximum Gasteiger partial charge on any atom is -0.0121 e. The number of hydrogen-bond donors (Lipinski definition) is 0. The molecule has 1 rings (SSSR count). The van der Waals surface area contributed by atoms with Gasteiger partial charge in [-0.25, -0.2) is 0 Å². The van der Waals surface area contributed by atoms with Crippen LogP contribution in [0.25, 0.3) is 0 Å². The molecule has 1 aliphatic rings. The Bertz CT molecular complexity index is 146. The second-order valence-electron chi connectivity index (χ2n) is 4.11. The minimum Gasteiger partial charge on any atom is -0.0880 e. The first-order chi connectivity index (χ1) is 5.83. The van der Waals surface area contributed by atoms with Crippen molar-refractivity contribution in [2.24, 2.45) is 5.41 Å². The highest BCUT2D eigenvalue weighted by atomic mass is 14.3. The van der Waals surface area contributed by atoms with Crippen LogP contribution in [0.3, 0.4) is 0 Å². The van der Waals surface area contributed by atoms with Crippen LogP contribution in [0.4, 0.5) is 0 Å². The van der Waals surface area contributed by atoms with Crippen molar-refractivity contribution < 1.29 is 0 Å². The standard InChI is InChI=1S/C12H22/c1-3-5-9-12(4-2)10-7-6-8-11-12/h7,10H,3-6,8-9,11H2,1-2H3/t12-/m1/s1. The van der Waals surface area contributed by atoms with Crippen LogP contribution in [0.15, 0.2) is 12.2 Å². The lowest BCUT2D eigenvalue weighted by molar-refractivity contribution is 0.283. The molecule has 0 aromatic rings. The van der Waals surface area contributed by atoms with Gasteiger partial charge in [0, 0.05) is 0 Å². The minimum absolute atomic E-state index is 0.592. The Morgan fingerprint density at radius 1 is 1.33 bits per heavy atom. The summed E-state index contributed by atoms with van der Waals surface area (Å²) < 4.78 is 0. The highest BCUT2D eigenvalue weighted by Gasteiger charge is 2.25. The zero-order chi connectivity index (χ0) is 8.86. The van der Waals surface area contributed by atoms with E-state index in [1.54, 1.807) is 0 Å². The Labute approximate surface area is 77.1 Å². The predicted molar refractivity (Wildman–Crippen MR) is 55.2 cm³/mol. The molecule has 70 valence electrons. The Hall–Kier alpha value is -0.260. The summed E-state index contributed by atoms with van der Waals surface area (Å²) in [6, 6.07) is 0. The van der Waals surface area contributed by atoms with E-state index in [1.165, 1.54) is 44.9 Å². The molecule has 1 atom stereocenters. The molecule has 0 radical (unpaired) electrons. The van der Waals surface area contributed by atoms with Gasteiger partial charge in [0.15, 0.2) is 0 Å². The van der Waals surface area contributed by atoms with E-state index in [0.717, 1.165) is 0 Å². The van der Waals surface area contributed by atoms with E-state index in [2.05, 4.69) is 26.0 Å². The van der Waals surface area contributed by atoms with E-state index in [1.807, 2.05) is 0 Å². The van der Waals surface area contributed by atoms with E-state index in [-0.39, 0.29) is 0 Å². The summed E-state index contributed by atoms with van der Waals surface area (Å²) in [6.07, 6.45) is 14.5. The molecule has 0 aliphatic heterocycles.